The van der Waals surface area contributed by atoms with Gasteiger partial charge in [0.25, 0.3) is 0 Å². The molecule has 1 saturated heterocycles. The Balaban J connectivity index is 1.94. The first-order valence-corrected chi connectivity index (χ1v) is 5.11. The van der Waals surface area contributed by atoms with Crippen LogP contribution in [-0.4, -0.2) is 35.5 Å². The van der Waals surface area contributed by atoms with Crippen LogP contribution in [0, 0.1) is 6.92 Å². The number of ether oxygens (including phenoxy) is 1. The molecule has 1 aromatic rings. The van der Waals surface area contributed by atoms with E-state index in [1.54, 1.807) is 6.20 Å². The first-order valence-electron chi connectivity index (χ1n) is 5.11. The van der Waals surface area contributed by atoms with Gasteiger partial charge in [-0.25, -0.2) is 4.98 Å². The van der Waals surface area contributed by atoms with Crippen molar-refractivity contribution in [2.45, 2.75) is 32.0 Å². The number of aromatic nitrogens is 1. The molecule has 2 heterocycles. The number of rotatable bonds is 3. The van der Waals surface area contributed by atoms with Crippen molar-refractivity contribution >= 4 is 0 Å². The lowest BCUT2D eigenvalue weighted by molar-refractivity contribution is 0.121. The van der Waals surface area contributed by atoms with Gasteiger partial charge < -0.3 is 14.3 Å². The highest BCUT2D eigenvalue weighted by atomic mass is 16.5. The van der Waals surface area contributed by atoms with Gasteiger partial charge in [0, 0.05) is 0 Å². The van der Waals surface area contributed by atoms with E-state index < -0.39 is 6.10 Å². The second-order valence-electron chi connectivity index (χ2n) is 3.91. The second-order valence-corrected chi connectivity index (χ2v) is 3.91. The lowest BCUT2D eigenvalue weighted by Crippen LogP contribution is -2.40. The third-order valence-corrected chi connectivity index (χ3v) is 2.52. The van der Waals surface area contributed by atoms with Gasteiger partial charge in [-0.3, -0.25) is 5.32 Å². The van der Waals surface area contributed by atoms with Crippen LogP contribution in [0.4, 0.5) is 0 Å². The summed E-state index contributed by atoms with van der Waals surface area (Å²) in [7, 11) is 0. The first-order chi connectivity index (χ1) is 7.16. The Bertz CT molecular complexity index is 326. The van der Waals surface area contributed by atoms with Crippen molar-refractivity contribution in [3.8, 4) is 0 Å². The second kappa shape index (κ2) is 4.30. The monoisotopic (exact) mass is 212 g/mol. The number of aryl methyl sites for hydroxylation is 1. The molecule has 2 rings (SSSR count). The average Bonchev–Trinajstić information content (AvgIpc) is 2.77. The maximum absolute atomic E-state index is 9.55. The zero-order valence-electron chi connectivity index (χ0n) is 8.93. The topological polar surface area (TPSA) is 67.5 Å². The van der Waals surface area contributed by atoms with Crippen molar-refractivity contribution in [3.63, 3.8) is 0 Å². The van der Waals surface area contributed by atoms with E-state index in [-0.39, 0.29) is 12.1 Å². The highest BCUT2D eigenvalue weighted by Crippen LogP contribution is 2.15. The Labute approximate surface area is 88.5 Å². The summed E-state index contributed by atoms with van der Waals surface area (Å²) >= 11 is 0. The third kappa shape index (κ3) is 2.37. The van der Waals surface area contributed by atoms with Crippen LogP contribution >= 0.6 is 0 Å². The minimum Gasteiger partial charge on any atom is -0.444 e. The number of oxazole rings is 1. The van der Waals surface area contributed by atoms with Gasteiger partial charge in [-0.05, 0) is 13.8 Å². The fourth-order valence-corrected chi connectivity index (χ4v) is 1.67. The molecule has 1 aliphatic rings. The molecule has 3 atom stereocenters. The van der Waals surface area contributed by atoms with Crippen molar-refractivity contribution in [1.29, 1.82) is 0 Å². The predicted molar refractivity (Wildman–Crippen MR) is 53.4 cm³/mol. The van der Waals surface area contributed by atoms with Gasteiger partial charge in [0.15, 0.2) is 0 Å². The summed E-state index contributed by atoms with van der Waals surface area (Å²) in [6.45, 7) is 4.74. The number of aliphatic hydroxyl groups is 1. The molecule has 0 saturated carbocycles. The van der Waals surface area contributed by atoms with Gasteiger partial charge in [-0.2, -0.15) is 0 Å². The minimum absolute atomic E-state index is 0.0138. The standard InChI is InChI=1S/C10H16N2O3/c1-6-3-11-10(15-6)7(2)12-8-4-14-5-9(8)13/h3,7-9,12-13H,4-5H2,1-2H3. The van der Waals surface area contributed by atoms with Crippen LogP contribution < -0.4 is 5.32 Å². The molecule has 84 valence electrons. The zero-order valence-corrected chi connectivity index (χ0v) is 8.93. The summed E-state index contributed by atoms with van der Waals surface area (Å²) in [4.78, 5) is 4.13. The Morgan fingerprint density at radius 3 is 2.93 bits per heavy atom. The van der Waals surface area contributed by atoms with Crippen LogP contribution in [0.15, 0.2) is 10.6 Å². The Hall–Kier alpha value is -0.910. The van der Waals surface area contributed by atoms with Crippen molar-refractivity contribution in [1.82, 2.24) is 10.3 Å². The molecule has 0 spiro atoms. The molecular formula is C10H16N2O3. The normalized spacial score (nSPS) is 28.2. The number of nitrogens with zero attached hydrogens (tertiary/aromatic N) is 1. The highest BCUT2D eigenvalue weighted by Gasteiger charge is 2.28. The molecule has 0 radical (unpaired) electrons. The predicted octanol–water partition coefficient (Wildman–Crippen LogP) is 0.393. The largest absolute Gasteiger partial charge is 0.444 e. The van der Waals surface area contributed by atoms with Crippen LogP contribution in [0.3, 0.4) is 0 Å². The van der Waals surface area contributed by atoms with Gasteiger partial charge in [0.1, 0.15) is 5.76 Å². The first kappa shape index (κ1) is 10.6. The van der Waals surface area contributed by atoms with E-state index in [1.807, 2.05) is 13.8 Å². The fraction of sp³-hybridized carbons (Fsp3) is 0.700. The van der Waals surface area contributed by atoms with Gasteiger partial charge >= 0.3 is 0 Å². The quantitative estimate of drug-likeness (QED) is 0.758. The van der Waals surface area contributed by atoms with E-state index in [2.05, 4.69) is 10.3 Å². The van der Waals surface area contributed by atoms with Crippen LogP contribution in [0.25, 0.3) is 0 Å². The molecule has 0 bridgehead atoms. The summed E-state index contributed by atoms with van der Waals surface area (Å²) in [6.07, 6.45) is 1.25. The van der Waals surface area contributed by atoms with E-state index >= 15 is 0 Å². The molecule has 2 N–H and O–H groups in total. The van der Waals surface area contributed by atoms with E-state index in [0.717, 1.165) is 5.76 Å². The van der Waals surface area contributed by atoms with Gasteiger partial charge in [-0.1, -0.05) is 0 Å². The van der Waals surface area contributed by atoms with Crippen LogP contribution in [-0.2, 0) is 4.74 Å². The maximum atomic E-state index is 9.55. The fourth-order valence-electron chi connectivity index (χ4n) is 1.67. The highest BCUT2D eigenvalue weighted by molar-refractivity contribution is 4.96. The minimum atomic E-state index is -0.441. The van der Waals surface area contributed by atoms with Gasteiger partial charge in [0.2, 0.25) is 5.89 Å². The van der Waals surface area contributed by atoms with Crippen molar-refractivity contribution < 1.29 is 14.3 Å². The maximum Gasteiger partial charge on any atom is 0.211 e. The summed E-state index contributed by atoms with van der Waals surface area (Å²) in [6, 6.07) is -0.0488. The van der Waals surface area contributed by atoms with Gasteiger partial charge in [0.05, 0.1) is 37.6 Å². The lowest BCUT2D eigenvalue weighted by atomic mass is 10.2. The van der Waals surface area contributed by atoms with Crippen molar-refractivity contribution in [3.05, 3.63) is 17.8 Å². The Kier molecular flexibility index (Phi) is 3.04. The summed E-state index contributed by atoms with van der Waals surface area (Å²) < 4.78 is 10.5. The lowest BCUT2D eigenvalue weighted by Gasteiger charge is -2.18. The van der Waals surface area contributed by atoms with E-state index in [0.29, 0.717) is 19.1 Å². The Morgan fingerprint density at radius 2 is 2.40 bits per heavy atom. The number of hydrogen-bond acceptors (Lipinski definition) is 5. The molecule has 0 aromatic carbocycles. The van der Waals surface area contributed by atoms with E-state index in [4.69, 9.17) is 9.15 Å². The van der Waals surface area contributed by atoms with Crippen LogP contribution in [0.5, 0.6) is 0 Å². The molecule has 1 aromatic heterocycles. The van der Waals surface area contributed by atoms with E-state index in [9.17, 15) is 5.11 Å². The number of aliphatic hydroxyl groups excluding tert-OH is 1. The van der Waals surface area contributed by atoms with Crippen LogP contribution in [0.1, 0.15) is 24.6 Å². The number of nitrogens with one attached hydrogen (secondary N) is 1. The molecule has 1 aliphatic heterocycles. The summed E-state index contributed by atoms with van der Waals surface area (Å²) in [5.41, 5.74) is 0. The Morgan fingerprint density at radius 1 is 1.60 bits per heavy atom. The molecule has 0 aliphatic carbocycles. The molecule has 0 amide bonds. The van der Waals surface area contributed by atoms with Crippen LogP contribution in [0.2, 0.25) is 0 Å². The van der Waals surface area contributed by atoms with Crippen molar-refractivity contribution in [2.24, 2.45) is 0 Å². The molecule has 15 heavy (non-hydrogen) atoms. The van der Waals surface area contributed by atoms with E-state index in [1.165, 1.54) is 0 Å². The number of hydrogen-bond donors (Lipinski definition) is 2. The third-order valence-electron chi connectivity index (χ3n) is 2.52. The smallest absolute Gasteiger partial charge is 0.211 e. The average molecular weight is 212 g/mol. The molecule has 1 fully saturated rings. The SMILES string of the molecule is Cc1cnc(C(C)NC2COCC2O)o1. The van der Waals surface area contributed by atoms with Gasteiger partial charge in [-0.15, -0.1) is 0 Å². The summed E-state index contributed by atoms with van der Waals surface area (Å²) in [5.74, 6) is 1.44. The van der Waals surface area contributed by atoms with Crippen molar-refractivity contribution in [2.75, 3.05) is 13.2 Å². The zero-order chi connectivity index (χ0) is 10.8. The molecule has 5 heteroatoms. The summed E-state index contributed by atoms with van der Waals surface area (Å²) in [5, 5.41) is 12.8. The molecule has 5 nitrogen and oxygen atoms in total. The molecular weight excluding hydrogens is 196 g/mol. The molecule has 3 unspecified atom stereocenters.